The molecule has 0 aliphatic rings. The molecule has 3 aromatic rings. The SMILES string of the molecule is CCC(=O)Nc1nc2ccc(NC(=O)Cc3cccs3)cc2s1. The third-order valence-corrected chi connectivity index (χ3v) is 4.96. The second kappa shape index (κ2) is 6.89. The maximum atomic E-state index is 12.0. The molecule has 0 spiro atoms. The van der Waals surface area contributed by atoms with Gasteiger partial charge in [0.05, 0.1) is 16.6 Å². The van der Waals surface area contributed by atoms with Crippen LogP contribution in [0.5, 0.6) is 0 Å². The third kappa shape index (κ3) is 3.94. The summed E-state index contributed by atoms with van der Waals surface area (Å²) in [6.07, 6.45) is 0.788. The molecule has 0 radical (unpaired) electrons. The highest BCUT2D eigenvalue weighted by Gasteiger charge is 2.09. The van der Waals surface area contributed by atoms with Gasteiger partial charge in [0.1, 0.15) is 0 Å². The van der Waals surface area contributed by atoms with Gasteiger partial charge in [-0.2, -0.15) is 0 Å². The average Bonchev–Trinajstić information content (AvgIpc) is 3.15. The summed E-state index contributed by atoms with van der Waals surface area (Å²) < 4.78 is 0.922. The molecule has 0 bridgehead atoms. The number of hydrogen-bond acceptors (Lipinski definition) is 5. The van der Waals surface area contributed by atoms with Crippen LogP contribution in [-0.2, 0) is 16.0 Å². The molecule has 118 valence electrons. The first kappa shape index (κ1) is 15.6. The van der Waals surface area contributed by atoms with E-state index < -0.39 is 0 Å². The van der Waals surface area contributed by atoms with Crippen molar-refractivity contribution in [3.8, 4) is 0 Å². The van der Waals surface area contributed by atoms with Crippen LogP contribution in [0.4, 0.5) is 10.8 Å². The number of benzene rings is 1. The van der Waals surface area contributed by atoms with Gasteiger partial charge in [0, 0.05) is 17.0 Å². The van der Waals surface area contributed by atoms with Crippen LogP contribution in [-0.4, -0.2) is 16.8 Å². The summed E-state index contributed by atoms with van der Waals surface area (Å²) in [7, 11) is 0. The lowest BCUT2D eigenvalue weighted by Gasteiger charge is -2.03. The van der Waals surface area contributed by atoms with Crippen molar-refractivity contribution < 1.29 is 9.59 Å². The Hall–Kier alpha value is -2.25. The Morgan fingerprint density at radius 1 is 1.17 bits per heavy atom. The highest BCUT2D eigenvalue weighted by molar-refractivity contribution is 7.22. The molecule has 0 saturated carbocycles. The van der Waals surface area contributed by atoms with Crippen LogP contribution >= 0.6 is 22.7 Å². The lowest BCUT2D eigenvalue weighted by Crippen LogP contribution is -2.13. The summed E-state index contributed by atoms with van der Waals surface area (Å²) in [5.41, 5.74) is 1.54. The van der Waals surface area contributed by atoms with Gasteiger partial charge in [-0.1, -0.05) is 24.3 Å². The molecule has 2 N–H and O–H groups in total. The summed E-state index contributed by atoms with van der Waals surface area (Å²) >= 11 is 2.96. The first-order chi connectivity index (χ1) is 11.1. The molecule has 2 aromatic heterocycles. The van der Waals surface area contributed by atoms with Crippen molar-refractivity contribution in [3.05, 3.63) is 40.6 Å². The van der Waals surface area contributed by atoms with Crippen molar-refractivity contribution in [3.63, 3.8) is 0 Å². The van der Waals surface area contributed by atoms with Crippen LogP contribution < -0.4 is 10.6 Å². The number of nitrogens with one attached hydrogen (secondary N) is 2. The second-order valence-corrected chi connectivity index (χ2v) is 6.97. The molecule has 0 unspecified atom stereocenters. The fourth-order valence-electron chi connectivity index (χ4n) is 2.04. The Kier molecular flexibility index (Phi) is 4.68. The van der Waals surface area contributed by atoms with Crippen molar-refractivity contribution in [2.24, 2.45) is 0 Å². The van der Waals surface area contributed by atoms with E-state index >= 15 is 0 Å². The lowest BCUT2D eigenvalue weighted by molar-refractivity contribution is -0.116. The number of carbonyl (C=O) groups is 2. The number of fused-ring (bicyclic) bond motifs is 1. The summed E-state index contributed by atoms with van der Waals surface area (Å²) in [5, 5.41) is 8.18. The Bertz CT molecular complexity index is 840. The quantitative estimate of drug-likeness (QED) is 0.737. The van der Waals surface area contributed by atoms with Crippen LogP contribution in [0.25, 0.3) is 10.2 Å². The van der Waals surface area contributed by atoms with Gasteiger partial charge in [0.25, 0.3) is 0 Å². The van der Waals surface area contributed by atoms with Crippen LogP contribution in [0.3, 0.4) is 0 Å². The zero-order valence-electron chi connectivity index (χ0n) is 12.5. The van der Waals surface area contributed by atoms with Crippen molar-refractivity contribution >= 4 is 55.5 Å². The molecular weight excluding hydrogens is 330 g/mol. The first-order valence-electron chi connectivity index (χ1n) is 7.16. The number of thiazole rings is 1. The normalized spacial score (nSPS) is 10.7. The average molecular weight is 345 g/mol. The largest absolute Gasteiger partial charge is 0.326 e. The number of aromatic nitrogens is 1. The van der Waals surface area contributed by atoms with E-state index in [4.69, 9.17) is 0 Å². The molecule has 2 amide bonds. The molecule has 7 heteroatoms. The lowest BCUT2D eigenvalue weighted by atomic mass is 10.2. The number of nitrogens with zero attached hydrogens (tertiary/aromatic N) is 1. The maximum absolute atomic E-state index is 12.0. The van der Waals surface area contributed by atoms with Gasteiger partial charge in [-0.3, -0.25) is 9.59 Å². The summed E-state index contributed by atoms with van der Waals surface area (Å²) in [6, 6.07) is 9.41. The fraction of sp³-hybridized carbons (Fsp3) is 0.188. The Labute approximate surface area is 141 Å². The van der Waals surface area contributed by atoms with E-state index in [0.717, 1.165) is 20.8 Å². The minimum Gasteiger partial charge on any atom is -0.326 e. The smallest absolute Gasteiger partial charge is 0.229 e. The highest BCUT2D eigenvalue weighted by atomic mass is 32.1. The number of hydrogen-bond donors (Lipinski definition) is 2. The van der Waals surface area contributed by atoms with Gasteiger partial charge in [0.15, 0.2) is 5.13 Å². The van der Waals surface area contributed by atoms with Crippen LogP contribution in [0.1, 0.15) is 18.2 Å². The highest BCUT2D eigenvalue weighted by Crippen LogP contribution is 2.28. The summed E-state index contributed by atoms with van der Waals surface area (Å²) in [6.45, 7) is 1.80. The molecule has 2 heterocycles. The summed E-state index contributed by atoms with van der Waals surface area (Å²) in [4.78, 5) is 28.8. The number of carbonyl (C=O) groups excluding carboxylic acids is 2. The monoisotopic (exact) mass is 345 g/mol. The minimum atomic E-state index is -0.0615. The Morgan fingerprint density at radius 2 is 2.04 bits per heavy atom. The van der Waals surface area contributed by atoms with Crippen molar-refractivity contribution in [2.45, 2.75) is 19.8 Å². The first-order valence-corrected chi connectivity index (χ1v) is 8.86. The predicted molar refractivity (Wildman–Crippen MR) is 95.2 cm³/mol. The molecule has 0 aliphatic heterocycles. The zero-order valence-corrected chi connectivity index (χ0v) is 14.1. The Morgan fingerprint density at radius 3 is 2.78 bits per heavy atom. The van der Waals surface area contributed by atoms with E-state index in [9.17, 15) is 9.59 Å². The van der Waals surface area contributed by atoms with E-state index in [1.165, 1.54) is 11.3 Å². The third-order valence-electron chi connectivity index (χ3n) is 3.15. The molecular formula is C16H15N3O2S2. The predicted octanol–water partition coefficient (Wildman–Crippen LogP) is 3.89. The van der Waals surface area contributed by atoms with Gasteiger partial charge in [0.2, 0.25) is 11.8 Å². The zero-order chi connectivity index (χ0) is 16.2. The minimum absolute atomic E-state index is 0.0455. The number of rotatable bonds is 5. The van der Waals surface area contributed by atoms with Gasteiger partial charge in [-0.05, 0) is 29.6 Å². The molecule has 0 atom stereocenters. The number of thiophene rings is 1. The van der Waals surface area contributed by atoms with E-state index in [-0.39, 0.29) is 11.8 Å². The van der Waals surface area contributed by atoms with Gasteiger partial charge < -0.3 is 10.6 Å². The van der Waals surface area contributed by atoms with Gasteiger partial charge >= 0.3 is 0 Å². The molecule has 0 aliphatic carbocycles. The second-order valence-electron chi connectivity index (χ2n) is 4.91. The standard InChI is InChI=1S/C16H15N3O2S2/c1-2-14(20)19-16-18-12-6-5-10(8-13(12)23-16)17-15(21)9-11-4-3-7-22-11/h3-8H,2,9H2,1H3,(H,17,21)(H,18,19,20). The summed E-state index contributed by atoms with van der Waals surface area (Å²) in [5.74, 6) is -0.107. The van der Waals surface area contributed by atoms with Crippen LogP contribution in [0, 0.1) is 0 Å². The molecule has 0 saturated heterocycles. The molecule has 3 rings (SSSR count). The molecule has 1 aromatic carbocycles. The molecule has 23 heavy (non-hydrogen) atoms. The van der Waals surface area contributed by atoms with Crippen LogP contribution in [0.15, 0.2) is 35.7 Å². The van der Waals surface area contributed by atoms with Crippen molar-refractivity contribution in [1.29, 1.82) is 0 Å². The van der Waals surface area contributed by atoms with E-state index in [1.54, 1.807) is 18.3 Å². The van der Waals surface area contributed by atoms with E-state index in [1.807, 2.05) is 35.7 Å². The topological polar surface area (TPSA) is 71.1 Å². The number of amides is 2. The van der Waals surface area contributed by atoms with Crippen LogP contribution in [0.2, 0.25) is 0 Å². The molecule has 5 nitrogen and oxygen atoms in total. The Balaban J connectivity index is 1.72. The van der Waals surface area contributed by atoms with E-state index in [2.05, 4.69) is 15.6 Å². The number of anilines is 2. The van der Waals surface area contributed by atoms with E-state index in [0.29, 0.717) is 18.0 Å². The maximum Gasteiger partial charge on any atom is 0.229 e. The molecule has 0 fully saturated rings. The van der Waals surface area contributed by atoms with Crippen molar-refractivity contribution in [1.82, 2.24) is 4.98 Å². The van der Waals surface area contributed by atoms with Gasteiger partial charge in [-0.15, -0.1) is 11.3 Å². The fourth-order valence-corrected chi connectivity index (χ4v) is 3.66. The van der Waals surface area contributed by atoms with Gasteiger partial charge in [-0.25, -0.2) is 4.98 Å². The van der Waals surface area contributed by atoms with Crippen molar-refractivity contribution in [2.75, 3.05) is 10.6 Å².